The van der Waals surface area contributed by atoms with Gasteiger partial charge in [-0.05, 0) is 86.7 Å². The van der Waals surface area contributed by atoms with Crippen LogP contribution in [-0.4, -0.2) is 17.8 Å². The number of halogens is 9. The van der Waals surface area contributed by atoms with E-state index in [1.807, 2.05) is 49.5 Å². The SMILES string of the molecule is Cc1ccc(N=C2C=C3CC[C@H]4C(=CC[C@@H](C(F)(F)F)[C@@H]4C(=O)Nc4cc(C(F)(F)F)cc(C(F)(F)F)c4)[C@@]3(C)CC2=CN)cc1. The van der Waals surface area contributed by atoms with E-state index >= 15 is 0 Å². The van der Waals surface area contributed by atoms with Gasteiger partial charge in [0.15, 0.2) is 0 Å². The van der Waals surface area contributed by atoms with E-state index in [0.717, 1.165) is 11.1 Å². The van der Waals surface area contributed by atoms with Crippen molar-refractivity contribution in [3.05, 3.63) is 94.2 Å². The van der Waals surface area contributed by atoms with E-state index < -0.39 is 70.8 Å². The number of carbonyl (C=O) groups excluding carboxylic acids is 1. The third-order valence-electron chi connectivity index (χ3n) is 9.18. The molecule has 1 saturated carbocycles. The predicted molar refractivity (Wildman–Crippen MR) is 155 cm³/mol. The van der Waals surface area contributed by atoms with E-state index in [0.29, 0.717) is 29.0 Å². The number of alkyl halides is 9. The number of carbonyl (C=O) groups is 1. The first-order valence-electron chi connectivity index (χ1n) is 14.5. The molecule has 0 aromatic heterocycles. The largest absolute Gasteiger partial charge is 0.416 e. The van der Waals surface area contributed by atoms with Crippen LogP contribution < -0.4 is 11.1 Å². The fraction of sp³-hybridized carbons (Fsp3) is 0.394. The minimum Gasteiger partial charge on any atom is -0.404 e. The summed E-state index contributed by atoms with van der Waals surface area (Å²) in [6.45, 7) is 3.77. The van der Waals surface area contributed by atoms with Crippen molar-refractivity contribution < 1.29 is 44.3 Å². The molecule has 3 aliphatic rings. The van der Waals surface area contributed by atoms with Gasteiger partial charge in [0.05, 0.1) is 34.4 Å². The molecule has 3 aliphatic carbocycles. The summed E-state index contributed by atoms with van der Waals surface area (Å²) in [5, 5.41) is 1.98. The highest BCUT2D eigenvalue weighted by molar-refractivity contribution is 6.11. The Bertz CT molecular complexity index is 1610. The van der Waals surface area contributed by atoms with E-state index in [-0.39, 0.29) is 31.0 Å². The molecule has 0 spiro atoms. The van der Waals surface area contributed by atoms with Crippen molar-refractivity contribution >= 4 is 23.0 Å². The van der Waals surface area contributed by atoms with Gasteiger partial charge in [-0.1, -0.05) is 41.8 Å². The summed E-state index contributed by atoms with van der Waals surface area (Å²) in [5.41, 5.74) is 5.25. The number of aryl methyl sites for hydroxylation is 1. The Hall–Kier alpha value is -4.03. The van der Waals surface area contributed by atoms with E-state index in [1.165, 1.54) is 12.3 Å². The second-order valence-electron chi connectivity index (χ2n) is 12.2. The molecule has 1 amide bonds. The lowest BCUT2D eigenvalue weighted by Crippen LogP contribution is -2.49. The van der Waals surface area contributed by atoms with Gasteiger partial charge in [0.2, 0.25) is 5.91 Å². The Morgan fingerprint density at radius 3 is 2.13 bits per heavy atom. The van der Waals surface area contributed by atoms with Crippen molar-refractivity contribution in [1.29, 1.82) is 0 Å². The molecular formula is C33H30F9N3O. The zero-order chi connectivity index (χ0) is 33.8. The molecule has 2 aromatic rings. The van der Waals surface area contributed by atoms with Crippen molar-refractivity contribution in [3.8, 4) is 0 Å². The third-order valence-corrected chi connectivity index (χ3v) is 9.18. The quantitative estimate of drug-likeness (QED) is 0.256. The molecule has 246 valence electrons. The van der Waals surface area contributed by atoms with Gasteiger partial charge in [-0.25, -0.2) is 4.99 Å². The smallest absolute Gasteiger partial charge is 0.404 e. The number of hydrogen-bond acceptors (Lipinski definition) is 3. The summed E-state index contributed by atoms with van der Waals surface area (Å²) < 4.78 is 124. The summed E-state index contributed by atoms with van der Waals surface area (Å²) in [4.78, 5) is 18.3. The maximum Gasteiger partial charge on any atom is 0.416 e. The number of nitrogens with two attached hydrogens (primary N) is 1. The molecule has 0 heterocycles. The number of benzene rings is 2. The second kappa shape index (κ2) is 11.6. The number of nitrogens with one attached hydrogen (secondary N) is 1. The summed E-state index contributed by atoms with van der Waals surface area (Å²) in [6, 6.07) is 7.93. The Morgan fingerprint density at radius 2 is 1.59 bits per heavy atom. The van der Waals surface area contributed by atoms with Crippen LogP contribution >= 0.6 is 0 Å². The van der Waals surface area contributed by atoms with Gasteiger partial charge in [0.25, 0.3) is 0 Å². The Morgan fingerprint density at radius 1 is 0.978 bits per heavy atom. The zero-order valence-electron chi connectivity index (χ0n) is 24.7. The summed E-state index contributed by atoms with van der Waals surface area (Å²) >= 11 is 0. The van der Waals surface area contributed by atoms with Gasteiger partial charge in [-0.2, -0.15) is 39.5 Å². The van der Waals surface area contributed by atoms with Crippen LogP contribution in [-0.2, 0) is 17.1 Å². The van der Waals surface area contributed by atoms with Crippen molar-refractivity contribution in [3.63, 3.8) is 0 Å². The van der Waals surface area contributed by atoms with E-state index in [2.05, 4.69) is 0 Å². The normalized spacial score (nSPS) is 27.1. The lowest BCUT2D eigenvalue weighted by atomic mass is 9.53. The molecule has 4 atom stereocenters. The van der Waals surface area contributed by atoms with Crippen LogP contribution in [0.2, 0.25) is 0 Å². The van der Waals surface area contributed by atoms with Gasteiger partial charge >= 0.3 is 18.5 Å². The van der Waals surface area contributed by atoms with Gasteiger partial charge in [-0.15, -0.1) is 0 Å². The minimum atomic E-state index is -5.20. The van der Waals surface area contributed by atoms with Crippen LogP contribution in [0.4, 0.5) is 50.9 Å². The number of anilines is 1. The zero-order valence-corrected chi connectivity index (χ0v) is 24.7. The molecule has 13 heteroatoms. The highest BCUT2D eigenvalue weighted by atomic mass is 19.4. The van der Waals surface area contributed by atoms with Gasteiger partial charge in [-0.3, -0.25) is 4.79 Å². The van der Waals surface area contributed by atoms with Crippen molar-refractivity contribution in [1.82, 2.24) is 0 Å². The van der Waals surface area contributed by atoms with Crippen molar-refractivity contribution in [2.75, 3.05) is 5.32 Å². The standard InChI is InChI=1S/C33H30F9N3O/c1-17-3-6-22(7-4-17)44-27-14-19-5-8-24-25(30(19,2)15-18(27)16-43)9-10-26(33(40,41)42)28(24)29(46)45-23-12-20(31(34,35)36)11-21(13-23)32(37,38)39/h3-4,6-7,9,11-14,16,24,26,28H,5,8,10,15,43H2,1-2H3,(H,45,46)/t24-,26+,28+,30-/m0/s1. The summed E-state index contributed by atoms with van der Waals surface area (Å²) in [7, 11) is 0. The van der Waals surface area contributed by atoms with Crippen molar-refractivity contribution in [2.45, 2.75) is 58.1 Å². The monoisotopic (exact) mass is 655 g/mol. The summed E-state index contributed by atoms with van der Waals surface area (Å²) in [5.74, 6) is -6.27. The molecular weight excluding hydrogens is 625 g/mol. The average molecular weight is 656 g/mol. The van der Waals surface area contributed by atoms with Crippen LogP contribution in [0, 0.1) is 30.1 Å². The number of nitrogens with zero attached hydrogens (tertiary/aromatic N) is 1. The lowest BCUT2D eigenvalue weighted by Gasteiger charge is -2.51. The first kappa shape index (κ1) is 33.3. The lowest BCUT2D eigenvalue weighted by molar-refractivity contribution is -0.196. The van der Waals surface area contributed by atoms with Crippen LogP contribution in [0.25, 0.3) is 0 Å². The van der Waals surface area contributed by atoms with Gasteiger partial charge in [0.1, 0.15) is 0 Å². The molecule has 4 nitrogen and oxygen atoms in total. The maximum absolute atomic E-state index is 14.4. The Balaban J connectivity index is 1.52. The molecule has 0 unspecified atom stereocenters. The maximum atomic E-state index is 14.4. The van der Waals surface area contributed by atoms with E-state index in [4.69, 9.17) is 10.7 Å². The molecule has 1 fully saturated rings. The van der Waals surface area contributed by atoms with Crippen LogP contribution in [0.5, 0.6) is 0 Å². The molecule has 3 N–H and O–H groups in total. The number of aliphatic imine (C=N–C) groups is 1. The number of amides is 1. The molecule has 0 saturated heterocycles. The van der Waals surface area contributed by atoms with Crippen LogP contribution in [0.3, 0.4) is 0 Å². The highest BCUT2D eigenvalue weighted by Gasteiger charge is 2.56. The fourth-order valence-electron chi connectivity index (χ4n) is 6.91. The number of allylic oxidation sites excluding steroid dienone is 5. The molecule has 0 aliphatic heterocycles. The fourth-order valence-corrected chi connectivity index (χ4v) is 6.91. The third kappa shape index (κ3) is 6.46. The number of rotatable bonds is 3. The van der Waals surface area contributed by atoms with Gasteiger partial charge < -0.3 is 11.1 Å². The van der Waals surface area contributed by atoms with E-state index in [9.17, 15) is 44.3 Å². The Labute approximate surface area is 259 Å². The predicted octanol–water partition coefficient (Wildman–Crippen LogP) is 9.46. The second-order valence-corrected chi connectivity index (χ2v) is 12.2. The summed E-state index contributed by atoms with van der Waals surface area (Å²) in [6.07, 6.45) is -10.5. The molecule has 0 radical (unpaired) electrons. The van der Waals surface area contributed by atoms with Gasteiger partial charge in [0, 0.05) is 11.1 Å². The van der Waals surface area contributed by atoms with E-state index in [1.54, 1.807) is 0 Å². The number of hydrogen-bond donors (Lipinski definition) is 2. The first-order chi connectivity index (χ1) is 21.3. The van der Waals surface area contributed by atoms with Crippen LogP contribution in [0.1, 0.15) is 49.3 Å². The first-order valence-corrected chi connectivity index (χ1v) is 14.5. The molecule has 0 bridgehead atoms. The minimum absolute atomic E-state index is 0.105. The highest BCUT2D eigenvalue weighted by Crippen LogP contribution is 2.59. The Kier molecular flexibility index (Phi) is 8.44. The molecule has 5 rings (SSSR count). The van der Waals surface area contributed by atoms with Crippen molar-refractivity contribution in [2.24, 2.45) is 33.9 Å². The topological polar surface area (TPSA) is 67.5 Å². The number of fused-ring (bicyclic) bond motifs is 3. The molecule has 2 aromatic carbocycles. The molecule has 46 heavy (non-hydrogen) atoms. The van der Waals surface area contributed by atoms with Crippen LogP contribution in [0.15, 0.2) is 82.5 Å². The average Bonchev–Trinajstić information content (AvgIpc) is 2.96.